The van der Waals surface area contributed by atoms with Crippen molar-refractivity contribution >= 4 is 23.2 Å². The maximum absolute atomic E-state index is 13.5. The minimum absolute atomic E-state index is 0.0282. The van der Waals surface area contributed by atoms with Crippen LogP contribution in [0.25, 0.3) is 0 Å². The fourth-order valence-corrected chi connectivity index (χ4v) is 7.02. The van der Waals surface area contributed by atoms with E-state index in [0.717, 1.165) is 56.9 Å². The summed E-state index contributed by atoms with van der Waals surface area (Å²) >= 11 is 0. The number of hydrogen-bond acceptors (Lipinski definition) is 4. The first kappa shape index (κ1) is 21.7. The van der Waals surface area contributed by atoms with Crippen LogP contribution in [0.2, 0.25) is 0 Å². The molecule has 1 aliphatic heterocycles. The van der Waals surface area contributed by atoms with Gasteiger partial charge in [0.1, 0.15) is 6.04 Å². The molecule has 174 valence electrons. The maximum Gasteiger partial charge on any atom is 0.247 e. The molecule has 1 saturated heterocycles. The van der Waals surface area contributed by atoms with Gasteiger partial charge in [-0.3, -0.25) is 9.59 Å². The SMILES string of the molecule is CC(C)C(NC(=O)C12CC3CC(CC(C3)C1)C2)C(=O)Nc1ccc(N2CCOCC2)cc1. The second-order valence-corrected chi connectivity index (χ2v) is 11.0. The van der Waals surface area contributed by atoms with Crippen LogP contribution < -0.4 is 15.5 Å². The maximum atomic E-state index is 13.5. The molecular formula is C26H37N3O3. The van der Waals surface area contributed by atoms with Gasteiger partial charge in [-0.15, -0.1) is 0 Å². The molecule has 5 aliphatic rings. The van der Waals surface area contributed by atoms with Crippen molar-refractivity contribution in [3.63, 3.8) is 0 Å². The van der Waals surface area contributed by atoms with Gasteiger partial charge in [-0.2, -0.15) is 0 Å². The van der Waals surface area contributed by atoms with Crippen molar-refractivity contribution in [2.75, 3.05) is 36.5 Å². The largest absolute Gasteiger partial charge is 0.378 e. The summed E-state index contributed by atoms with van der Waals surface area (Å²) in [6, 6.07) is 7.45. The zero-order valence-corrected chi connectivity index (χ0v) is 19.4. The number of benzene rings is 1. The average Bonchev–Trinajstić information content (AvgIpc) is 2.77. The molecule has 0 aromatic heterocycles. The zero-order valence-electron chi connectivity index (χ0n) is 19.4. The van der Waals surface area contributed by atoms with Gasteiger partial charge in [0.15, 0.2) is 0 Å². The second-order valence-electron chi connectivity index (χ2n) is 11.0. The van der Waals surface area contributed by atoms with Gasteiger partial charge in [0.25, 0.3) is 0 Å². The Labute approximate surface area is 191 Å². The smallest absolute Gasteiger partial charge is 0.247 e. The van der Waals surface area contributed by atoms with Crippen molar-refractivity contribution in [3.8, 4) is 0 Å². The van der Waals surface area contributed by atoms with Crippen LogP contribution in [0.3, 0.4) is 0 Å². The lowest BCUT2D eigenvalue weighted by atomic mass is 9.49. The number of nitrogens with zero attached hydrogens (tertiary/aromatic N) is 1. The molecular weight excluding hydrogens is 402 g/mol. The van der Waals surface area contributed by atoms with Crippen molar-refractivity contribution in [1.82, 2.24) is 5.32 Å². The molecule has 1 unspecified atom stereocenters. The molecule has 32 heavy (non-hydrogen) atoms. The summed E-state index contributed by atoms with van der Waals surface area (Å²) in [6.07, 6.45) is 6.96. The van der Waals surface area contributed by atoms with Gasteiger partial charge in [0.2, 0.25) is 11.8 Å². The van der Waals surface area contributed by atoms with Crippen LogP contribution in [-0.2, 0) is 14.3 Å². The van der Waals surface area contributed by atoms with Crippen molar-refractivity contribution in [3.05, 3.63) is 24.3 Å². The van der Waals surface area contributed by atoms with E-state index >= 15 is 0 Å². The Morgan fingerprint density at radius 1 is 0.969 bits per heavy atom. The van der Waals surface area contributed by atoms with Gasteiger partial charge in [0.05, 0.1) is 13.2 Å². The molecule has 1 aromatic carbocycles. The third-order valence-corrected chi connectivity index (χ3v) is 8.27. The standard InChI is InChI=1S/C26H37N3O3/c1-17(2)23(28-25(31)26-14-18-11-19(15-26)13-20(12-18)16-26)24(30)27-21-3-5-22(6-4-21)29-7-9-32-10-8-29/h3-6,17-20,23H,7-16H2,1-2H3,(H,27,30)(H,28,31). The highest BCUT2D eigenvalue weighted by atomic mass is 16.5. The third kappa shape index (κ3) is 4.26. The van der Waals surface area contributed by atoms with E-state index < -0.39 is 6.04 Å². The molecule has 0 radical (unpaired) electrons. The Hall–Kier alpha value is -2.08. The number of rotatable bonds is 6. The van der Waals surface area contributed by atoms with Crippen molar-refractivity contribution in [1.29, 1.82) is 0 Å². The molecule has 1 atom stereocenters. The van der Waals surface area contributed by atoms with Crippen LogP contribution in [0.15, 0.2) is 24.3 Å². The summed E-state index contributed by atoms with van der Waals surface area (Å²) in [5, 5.41) is 6.22. The summed E-state index contributed by atoms with van der Waals surface area (Å²) in [5.74, 6) is 2.15. The normalized spacial score (nSPS) is 32.1. The third-order valence-electron chi connectivity index (χ3n) is 8.27. The molecule has 4 bridgehead atoms. The van der Waals surface area contributed by atoms with Crippen LogP contribution >= 0.6 is 0 Å². The predicted octanol–water partition coefficient (Wildman–Crippen LogP) is 3.82. The van der Waals surface area contributed by atoms with E-state index in [2.05, 4.69) is 15.5 Å². The monoisotopic (exact) mass is 439 g/mol. The van der Waals surface area contributed by atoms with E-state index in [1.807, 2.05) is 38.1 Å². The van der Waals surface area contributed by atoms with E-state index in [9.17, 15) is 9.59 Å². The molecule has 1 heterocycles. The van der Waals surface area contributed by atoms with E-state index in [1.165, 1.54) is 19.3 Å². The highest BCUT2D eigenvalue weighted by Crippen LogP contribution is 2.60. The number of hydrogen-bond donors (Lipinski definition) is 2. The Kier molecular flexibility index (Phi) is 5.91. The van der Waals surface area contributed by atoms with Gasteiger partial charge >= 0.3 is 0 Å². The van der Waals surface area contributed by atoms with Gasteiger partial charge in [-0.1, -0.05) is 13.8 Å². The van der Waals surface area contributed by atoms with Crippen LogP contribution in [0.1, 0.15) is 52.4 Å². The Morgan fingerprint density at radius 2 is 1.53 bits per heavy atom. The lowest BCUT2D eigenvalue weighted by molar-refractivity contribution is -0.148. The van der Waals surface area contributed by atoms with E-state index in [0.29, 0.717) is 17.8 Å². The highest BCUT2D eigenvalue weighted by molar-refractivity contribution is 5.98. The molecule has 0 spiro atoms. The highest BCUT2D eigenvalue weighted by Gasteiger charge is 2.55. The fourth-order valence-electron chi connectivity index (χ4n) is 7.02. The molecule has 6 rings (SSSR count). The molecule has 6 heteroatoms. The number of morpholine rings is 1. The van der Waals surface area contributed by atoms with E-state index in [4.69, 9.17) is 4.74 Å². The second kappa shape index (κ2) is 8.69. The van der Waals surface area contributed by atoms with Gasteiger partial charge in [-0.25, -0.2) is 0 Å². The van der Waals surface area contributed by atoms with Crippen LogP contribution in [0, 0.1) is 29.1 Å². The molecule has 5 fully saturated rings. The fraction of sp³-hybridized carbons (Fsp3) is 0.692. The van der Waals surface area contributed by atoms with E-state index in [1.54, 1.807) is 0 Å². The summed E-state index contributed by atoms with van der Waals surface area (Å²) in [4.78, 5) is 28.9. The molecule has 4 saturated carbocycles. The summed E-state index contributed by atoms with van der Waals surface area (Å²) in [7, 11) is 0. The molecule has 6 nitrogen and oxygen atoms in total. The Morgan fingerprint density at radius 3 is 2.06 bits per heavy atom. The molecule has 2 amide bonds. The van der Waals surface area contributed by atoms with Crippen LogP contribution in [0.4, 0.5) is 11.4 Å². The summed E-state index contributed by atoms with van der Waals surface area (Å²) in [6.45, 7) is 7.28. The first-order chi connectivity index (χ1) is 15.4. The minimum Gasteiger partial charge on any atom is -0.378 e. The number of carbonyl (C=O) groups is 2. The van der Waals surface area contributed by atoms with Crippen LogP contribution in [0.5, 0.6) is 0 Å². The zero-order chi connectivity index (χ0) is 22.3. The predicted molar refractivity (Wildman–Crippen MR) is 125 cm³/mol. The van der Waals surface area contributed by atoms with Gasteiger partial charge in [0, 0.05) is 29.9 Å². The van der Waals surface area contributed by atoms with Crippen molar-refractivity contribution < 1.29 is 14.3 Å². The number of amides is 2. The van der Waals surface area contributed by atoms with Gasteiger partial charge < -0.3 is 20.3 Å². The Bertz CT molecular complexity index is 809. The molecule has 2 N–H and O–H groups in total. The lowest BCUT2D eigenvalue weighted by Gasteiger charge is -2.55. The first-order valence-electron chi connectivity index (χ1n) is 12.5. The number of anilines is 2. The van der Waals surface area contributed by atoms with Crippen molar-refractivity contribution in [2.24, 2.45) is 29.1 Å². The summed E-state index contributed by atoms with van der Waals surface area (Å²) in [5.41, 5.74) is 1.67. The lowest BCUT2D eigenvalue weighted by Crippen LogP contribution is -2.57. The molecule has 4 aliphatic carbocycles. The number of nitrogens with one attached hydrogen (secondary N) is 2. The summed E-state index contributed by atoms with van der Waals surface area (Å²) < 4.78 is 5.42. The van der Waals surface area contributed by atoms with Crippen molar-refractivity contribution in [2.45, 2.75) is 58.4 Å². The van der Waals surface area contributed by atoms with E-state index in [-0.39, 0.29) is 23.1 Å². The quantitative estimate of drug-likeness (QED) is 0.707. The minimum atomic E-state index is -0.519. The Balaban J connectivity index is 1.23. The molecule has 1 aromatic rings. The number of ether oxygens (including phenoxy) is 1. The first-order valence-corrected chi connectivity index (χ1v) is 12.5. The average molecular weight is 440 g/mol. The van der Waals surface area contributed by atoms with Gasteiger partial charge in [-0.05, 0) is 86.5 Å². The number of carbonyl (C=O) groups excluding carboxylic acids is 2. The van der Waals surface area contributed by atoms with Crippen LogP contribution in [-0.4, -0.2) is 44.2 Å². The topological polar surface area (TPSA) is 70.7 Å².